The van der Waals surface area contributed by atoms with Crippen LogP contribution in [0.4, 0.5) is 20.3 Å². The summed E-state index contributed by atoms with van der Waals surface area (Å²) in [5.74, 6) is 0.576. The molecule has 0 aliphatic carbocycles. The molecule has 156 valence electrons. The summed E-state index contributed by atoms with van der Waals surface area (Å²) in [4.78, 5) is 15.3. The van der Waals surface area contributed by atoms with Crippen LogP contribution in [0, 0.1) is 18.6 Å². The maximum absolute atomic E-state index is 14.7. The van der Waals surface area contributed by atoms with Crippen LogP contribution >= 0.6 is 11.6 Å². The number of aromatic nitrogens is 4. The van der Waals surface area contributed by atoms with E-state index >= 15 is 0 Å². The SMILES string of the molecule is Cc1cn(-c2ccc(Cc3nc(Cl)c4c(n3)N(c3ccc(F)cc3)CC4)cc2F)cn1. The first kappa shape index (κ1) is 19.6. The zero-order chi connectivity index (χ0) is 21.5. The predicted molar refractivity (Wildman–Crippen MR) is 115 cm³/mol. The molecular formula is C23H18ClF2N5. The van der Waals surface area contributed by atoms with Crippen molar-refractivity contribution >= 4 is 23.1 Å². The zero-order valence-corrected chi connectivity index (χ0v) is 17.4. The smallest absolute Gasteiger partial charge is 0.147 e. The van der Waals surface area contributed by atoms with Crippen LogP contribution in [0.3, 0.4) is 0 Å². The molecule has 0 radical (unpaired) electrons. The summed E-state index contributed by atoms with van der Waals surface area (Å²) < 4.78 is 29.7. The van der Waals surface area contributed by atoms with Crippen LogP contribution in [0.1, 0.15) is 22.6 Å². The maximum Gasteiger partial charge on any atom is 0.147 e. The Kier molecular flexibility index (Phi) is 4.90. The Labute approximate surface area is 183 Å². The molecule has 2 aromatic heterocycles. The lowest BCUT2D eigenvalue weighted by molar-refractivity contribution is 0.616. The molecule has 0 fully saturated rings. The molecule has 5 rings (SSSR count). The van der Waals surface area contributed by atoms with Gasteiger partial charge in [0.2, 0.25) is 0 Å². The van der Waals surface area contributed by atoms with Gasteiger partial charge in [-0.15, -0.1) is 0 Å². The summed E-state index contributed by atoms with van der Waals surface area (Å²) in [5, 5.41) is 0.399. The van der Waals surface area contributed by atoms with E-state index in [1.807, 2.05) is 17.9 Å². The van der Waals surface area contributed by atoms with Crippen molar-refractivity contribution in [3.8, 4) is 5.69 Å². The molecule has 0 atom stereocenters. The third-order valence-corrected chi connectivity index (χ3v) is 5.64. The fourth-order valence-electron chi connectivity index (χ4n) is 3.81. The van der Waals surface area contributed by atoms with E-state index in [-0.39, 0.29) is 11.6 Å². The normalized spacial score (nSPS) is 13.0. The van der Waals surface area contributed by atoms with Gasteiger partial charge in [-0.1, -0.05) is 17.7 Å². The van der Waals surface area contributed by atoms with Gasteiger partial charge >= 0.3 is 0 Å². The van der Waals surface area contributed by atoms with E-state index in [9.17, 15) is 8.78 Å². The molecule has 1 aliphatic heterocycles. The molecule has 0 spiro atoms. The predicted octanol–water partition coefficient (Wildman–Crippen LogP) is 5.19. The third kappa shape index (κ3) is 3.77. The minimum absolute atomic E-state index is 0.291. The molecular weight excluding hydrogens is 420 g/mol. The fraction of sp³-hybridized carbons (Fsp3) is 0.174. The van der Waals surface area contributed by atoms with E-state index in [1.165, 1.54) is 18.2 Å². The van der Waals surface area contributed by atoms with Crippen LogP contribution in [0.15, 0.2) is 55.0 Å². The number of nitrogens with zero attached hydrogens (tertiary/aromatic N) is 5. The van der Waals surface area contributed by atoms with Gasteiger partial charge in [0.25, 0.3) is 0 Å². The standard InChI is InChI=1S/C23H18ClF2N5/c1-14-12-30(13-27-14)20-7-2-15(10-19(20)26)11-21-28-22(24)18-8-9-31(23(18)29-21)17-5-3-16(25)4-6-17/h2-7,10,12-13H,8-9,11H2,1H3. The molecule has 31 heavy (non-hydrogen) atoms. The summed E-state index contributed by atoms with van der Waals surface area (Å²) in [5.41, 5.74) is 3.69. The highest BCUT2D eigenvalue weighted by molar-refractivity contribution is 6.30. The highest BCUT2D eigenvalue weighted by atomic mass is 35.5. The second-order valence-electron chi connectivity index (χ2n) is 7.50. The van der Waals surface area contributed by atoms with E-state index < -0.39 is 0 Å². The Morgan fingerprint density at radius 1 is 1.06 bits per heavy atom. The van der Waals surface area contributed by atoms with Crippen LogP contribution in [-0.4, -0.2) is 26.1 Å². The fourth-order valence-corrected chi connectivity index (χ4v) is 4.09. The number of hydrogen-bond donors (Lipinski definition) is 0. The van der Waals surface area contributed by atoms with Crippen molar-refractivity contribution in [1.29, 1.82) is 0 Å². The van der Waals surface area contributed by atoms with E-state index in [1.54, 1.807) is 35.3 Å². The van der Waals surface area contributed by atoms with Gasteiger partial charge in [0, 0.05) is 30.4 Å². The zero-order valence-electron chi connectivity index (χ0n) is 16.7. The topological polar surface area (TPSA) is 46.8 Å². The molecule has 0 amide bonds. The molecule has 0 saturated carbocycles. The largest absolute Gasteiger partial charge is 0.326 e. The molecule has 5 nitrogen and oxygen atoms in total. The van der Waals surface area contributed by atoms with Crippen molar-refractivity contribution in [3.05, 3.63) is 94.4 Å². The maximum atomic E-state index is 14.7. The summed E-state index contributed by atoms with van der Waals surface area (Å²) >= 11 is 6.44. The Bertz CT molecular complexity index is 1270. The summed E-state index contributed by atoms with van der Waals surface area (Å²) in [6, 6.07) is 11.3. The lowest BCUT2D eigenvalue weighted by Crippen LogP contribution is -2.15. The van der Waals surface area contributed by atoms with Crippen molar-refractivity contribution in [2.45, 2.75) is 19.8 Å². The monoisotopic (exact) mass is 437 g/mol. The first-order chi connectivity index (χ1) is 15.0. The van der Waals surface area contributed by atoms with Crippen molar-refractivity contribution in [2.75, 3.05) is 11.4 Å². The third-order valence-electron chi connectivity index (χ3n) is 5.32. The second kappa shape index (κ2) is 7.74. The van der Waals surface area contributed by atoms with Gasteiger partial charge in [0.05, 0.1) is 17.7 Å². The first-order valence-electron chi connectivity index (χ1n) is 9.86. The summed E-state index contributed by atoms with van der Waals surface area (Å²) in [7, 11) is 0. The van der Waals surface area contributed by atoms with Gasteiger partial charge in [0.15, 0.2) is 0 Å². The number of rotatable bonds is 4. The van der Waals surface area contributed by atoms with Crippen molar-refractivity contribution in [3.63, 3.8) is 0 Å². The van der Waals surface area contributed by atoms with Crippen molar-refractivity contribution < 1.29 is 8.78 Å². The van der Waals surface area contributed by atoms with E-state index in [0.717, 1.165) is 22.5 Å². The van der Waals surface area contributed by atoms with Gasteiger partial charge < -0.3 is 9.47 Å². The van der Waals surface area contributed by atoms with Gasteiger partial charge in [-0.3, -0.25) is 0 Å². The number of hydrogen-bond acceptors (Lipinski definition) is 4. The molecule has 3 heterocycles. The average molecular weight is 438 g/mol. The highest BCUT2D eigenvalue weighted by Gasteiger charge is 2.26. The van der Waals surface area contributed by atoms with Gasteiger partial charge in [0.1, 0.15) is 28.4 Å². The molecule has 0 unspecified atom stereocenters. The molecule has 0 N–H and O–H groups in total. The first-order valence-corrected chi connectivity index (χ1v) is 10.2. The Morgan fingerprint density at radius 2 is 1.87 bits per heavy atom. The minimum atomic E-state index is -0.352. The van der Waals surface area contributed by atoms with Crippen molar-refractivity contribution in [2.24, 2.45) is 0 Å². The van der Waals surface area contributed by atoms with Gasteiger partial charge in [-0.2, -0.15) is 0 Å². The quantitative estimate of drug-likeness (QED) is 0.412. The molecule has 8 heteroatoms. The molecule has 1 aliphatic rings. The van der Waals surface area contributed by atoms with Crippen LogP contribution in [-0.2, 0) is 12.8 Å². The summed E-state index contributed by atoms with van der Waals surface area (Å²) in [6.07, 6.45) is 4.40. The second-order valence-corrected chi connectivity index (χ2v) is 7.85. The highest BCUT2D eigenvalue weighted by Crippen LogP contribution is 2.36. The number of benzene rings is 2. The lowest BCUT2D eigenvalue weighted by Gasteiger charge is -2.19. The number of aryl methyl sites for hydroxylation is 1. The molecule has 0 saturated heterocycles. The van der Waals surface area contributed by atoms with Crippen LogP contribution in [0.5, 0.6) is 0 Å². The van der Waals surface area contributed by atoms with E-state index in [0.29, 0.717) is 41.9 Å². The average Bonchev–Trinajstić information content (AvgIpc) is 3.35. The number of halogens is 3. The molecule has 2 aromatic carbocycles. The lowest BCUT2D eigenvalue weighted by atomic mass is 10.1. The van der Waals surface area contributed by atoms with Crippen LogP contribution in [0.25, 0.3) is 5.69 Å². The van der Waals surface area contributed by atoms with E-state index in [4.69, 9.17) is 16.6 Å². The van der Waals surface area contributed by atoms with E-state index in [2.05, 4.69) is 9.97 Å². The van der Waals surface area contributed by atoms with Crippen LogP contribution < -0.4 is 4.90 Å². The van der Waals surface area contributed by atoms with Gasteiger partial charge in [-0.05, 0) is 55.3 Å². The Morgan fingerprint density at radius 3 is 2.58 bits per heavy atom. The summed E-state index contributed by atoms with van der Waals surface area (Å²) in [6.45, 7) is 2.54. The number of imidazole rings is 1. The number of fused-ring (bicyclic) bond motifs is 1. The Hall–Kier alpha value is -3.32. The molecule has 0 bridgehead atoms. The van der Waals surface area contributed by atoms with Gasteiger partial charge in [-0.25, -0.2) is 23.7 Å². The Balaban J connectivity index is 1.44. The number of anilines is 2. The van der Waals surface area contributed by atoms with Crippen molar-refractivity contribution in [1.82, 2.24) is 19.5 Å². The molecule has 4 aromatic rings. The minimum Gasteiger partial charge on any atom is -0.326 e. The van der Waals surface area contributed by atoms with Crippen LogP contribution in [0.2, 0.25) is 5.15 Å².